The van der Waals surface area contributed by atoms with Crippen LogP contribution in [0.15, 0.2) is 57.6 Å². The van der Waals surface area contributed by atoms with Crippen molar-refractivity contribution in [3.63, 3.8) is 0 Å². The molecule has 1 unspecified atom stereocenters. The molecule has 0 radical (unpaired) electrons. The number of halogens is 2. The first-order valence-electron chi connectivity index (χ1n) is 8.56. The molecule has 1 aliphatic heterocycles. The van der Waals surface area contributed by atoms with Gasteiger partial charge in [-0.25, -0.2) is 17.2 Å². The Hall–Kier alpha value is -2.78. The van der Waals surface area contributed by atoms with Crippen molar-refractivity contribution in [1.29, 1.82) is 0 Å². The number of anilines is 1. The third-order valence-corrected chi connectivity index (χ3v) is 7.80. The number of hydrogen-bond acceptors (Lipinski definition) is 5. The Morgan fingerprint density at radius 1 is 1.10 bits per heavy atom. The second-order valence-electron chi connectivity index (χ2n) is 6.50. The highest BCUT2D eigenvalue weighted by Crippen LogP contribution is 2.46. The number of nitrogens with one attached hydrogen (secondary N) is 1. The third-order valence-electron chi connectivity index (χ3n) is 4.76. The first kappa shape index (κ1) is 19.5. The highest BCUT2D eigenvalue weighted by Gasteiger charge is 2.34. The number of hydrogen-bond donors (Lipinski definition) is 1. The smallest absolute Gasteiger partial charge is 0.225 e. The fourth-order valence-corrected chi connectivity index (χ4v) is 6.19. The lowest BCUT2D eigenvalue weighted by atomic mass is 9.90. The van der Waals surface area contributed by atoms with Gasteiger partial charge in [0.2, 0.25) is 15.7 Å². The summed E-state index contributed by atoms with van der Waals surface area (Å²) >= 11 is 1.16. The summed E-state index contributed by atoms with van der Waals surface area (Å²) in [6.45, 7) is 0. The number of amides is 1. The Kier molecular flexibility index (Phi) is 4.87. The van der Waals surface area contributed by atoms with Gasteiger partial charge in [0.25, 0.3) is 0 Å². The maximum absolute atomic E-state index is 13.7. The van der Waals surface area contributed by atoms with E-state index >= 15 is 0 Å². The highest BCUT2D eigenvalue weighted by molar-refractivity contribution is 7.91. The van der Waals surface area contributed by atoms with E-state index in [4.69, 9.17) is 4.74 Å². The maximum Gasteiger partial charge on any atom is 0.225 e. The number of methoxy groups -OCH3 is 1. The van der Waals surface area contributed by atoms with E-state index in [0.29, 0.717) is 16.2 Å². The van der Waals surface area contributed by atoms with Gasteiger partial charge < -0.3 is 10.1 Å². The molecule has 0 aliphatic carbocycles. The SMILES string of the molecule is COc1ccc(S(=O)(=O)c2csc3c2NC(=O)CC3c2ccc(F)c(F)c2)cc1. The summed E-state index contributed by atoms with van der Waals surface area (Å²) in [5.41, 5.74) is 0.604. The molecule has 9 heteroatoms. The van der Waals surface area contributed by atoms with E-state index in [9.17, 15) is 22.0 Å². The van der Waals surface area contributed by atoms with Crippen LogP contribution >= 0.6 is 11.3 Å². The minimum atomic E-state index is -3.90. The first-order valence-corrected chi connectivity index (χ1v) is 10.9. The van der Waals surface area contributed by atoms with Gasteiger partial charge in [-0.3, -0.25) is 4.79 Å². The standard InChI is InChI=1S/C20H15F2NO4S2/c1-27-12-3-5-13(6-4-12)29(25,26)17-10-28-20-14(9-18(24)23-19(17)20)11-2-7-15(21)16(22)8-11/h2-8,10,14H,9H2,1H3,(H,23,24). The van der Waals surface area contributed by atoms with Crippen LogP contribution in [0.1, 0.15) is 22.8 Å². The summed E-state index contributed by atoms with van der Waals surface area (Å²) in [6.07, 6.45) is 0.0145. The van der Waals surface area contributed by atoms with Crippen LogP contribution in [0, 0.1) is 11.6 Å². The molecule has 5 nitrogen and oxygen atoms in total. The molecule has 0 fully saturated rings. The van der Waals surface area contributed by atoms with Crippen LogP contribution in [0.5, 0.6) is 5.75 Å². The minimum absolute atomic E-state index is 0.0145. The Morgan fingerprint density at radius 3 is 2.48 bits per heavy atom. The monoisotopic (exact) mass is 435 g/mol. The molecular weight excluding hydrogens is 420 g/mol. The zero-order chi connectivity index (χ0) is 20.8. The zero-order valence-corrected chi connectivity index (χ0v) is 16.7. The molecule has 4 rings (SSSR count). The van der Waals surface area contributed by atoms with Crippen LogP contribution in [0.25, 0.3) is 0 Å². The molecule has 2 aromatic carbocycles. The van der Waals surface area contributed by atoms with Crippen LogP contribution in [-0.2, 0) is 14.6 Å². The van der Waals surface area contributed by atoms with E-state index in [2.05, 4.69) is 5.32 Å². The molecule has 0 bridgehead atoms. The van der Waals surface area contributed by atoms with Crippen molar-refractivity contribution in [2.75, 3.05) is 12.4 Å². The van der Waals surface area contributed by atoms with E-state index in [1.807, 2.05) is 0 Å². The lowest BCUT2D eigenvalue weighted by Gasteiger charge is -2.23. The van der Waals surface area contributed by atoms with Crippen LogP contribution in [0.4, 0.5) is 14.5 Å². The molecule has 1 aromatic heterocycles. The number of rotatable bonds is 4. The normalized spacial score (nSPS) is 16.2. The highest BCUT2D eigenvalue weighted by atomic mass is 32.2. The van der Waals surface area contributed by atoms with Gasteiger partial charge in [0.15, 0.2) is 11.6 Å². The van der Waals surface area contributed by atoms with Gasteiger partial charge in [-0.2, -0.15) is 0 Å². The van der Waals surface area contributed by atoms with Crippen LogP contribution in [-0.4, -0.2) is 21.4 Å². The van der Waals surface area contributed by atoms with Crippen molar-refractivity contribution in [2.45, 2.75) is 22.1 Å². The maximum atomic E-state index is 13.7. The fraction of sp³-hybridized carbons (Fsp3) is 0.150. The topological polar surface area (TPSA) is 72.5 Å². The first-order chi connectivity index (χ1) is 13.8. The van der Waals surface area contributed by atoms with Crippen molar-refractivity contribution in [3.8, 4) is 5.75 Å². The summed E-state index contributed by atoms with van der Waals surface area (Å²) in [4.78, 5) is 12.9. The van der Waals surface area contributed by atoms with Gasteiger partial charge in [0.1, 0.15) is 10.6 Å². The molecule has 1 amide bonds. The molecule has 0 saturated carbocycles. The summed E-state index contributed by atoms with van der Waals surface area (Å²) < 4.78 is 58.3. The van der Waals surface area contributed by atoms with Crippen LogP contribution in [0.2, 0.25) is 0 Å². The van der Waals surface area contributed by atoms with Gasteiger partial charge in [-0.1, -0.05) is 6.07 Å². The number of carbonyl (C=O) groups excluding carboxylic acids is 1. The van der Waals surface area contributed by atoms with Crippen LogP contribution in [0.3, 0.4) is 0 Å². The third kappa shape index (κ3) is 3.40. The lowest BCUT2D eigenvalue weighted by Crippen LogP contribution is -2.23. The number of carbonyl (C=O) groups is 1. The number of sulfone groups is 1. The molecular formula is C20H15F2NO4S2. The Bertz CT molecular complexity index is 1200. The summed E-state index contributed by atoms with van der Waals surface area (Å²) in [7, 11) is -2.42. The molecule has 1 N–H and O–H groups in total. The van der Waals surface area contributed by atoms with Gasteiger partial charge in [-0.05, 0) is 42.0 Å². The van der Waals surface area contributed by atoms with E-state index in [-0.39, 0.29) is 21.9 Å². The molecule has 0 spiro atoms. The van der Waals surface area contributed by atoms with E-state index < -0.39 is 33.3 Å². The number of fused-ring (bicyclic) bond motifs is 1. The average Bonchev–Trinajstić information content (AvgIpc) is 3.14. The van der Waals surface area contributed by atoms with Gasteiger partial charge in [-0.15, -0.1) is 11.3 Å². The summed E-state index contributed by atoms with van der Waals surface area (Å²) in [5.74, 6) is -2.43. The van der Waals surface area contributed by atoms with E-state index in [1.54, 1.807) is 0 Å². The zero-order valence-electron chi connectivity index (χ0n) is 15.1. The quantitative estimate of drug-likeness (QED) is 0.662. The van der Waals surface area contributed by atoms with Crippen molar-refractivity contribution in [3.05, 3.63) is 69.9 Å². The molecule has 1 aliphatic rings. The van der Waals surface area contributed by atoms with Crippen molar-refractivity contribution in [1.82, 2.24) is 0 Å². The minimum Gasteiger partial charge on any atom is -0.497 e. The summed E-state index contributed by atoms with van der Waals surface area (Å²) in [6, 6.07) is 9.37. The van der Waals surface area contributed by atoms with Crippen molar-refractivity contribution >= 4 is 32.8 Å². The van der Waals surface area contributed by atoms with Crippen LogP contribution < -0.4 is 10.1 Å². The Morgan fingerprint density at radius 2 is 1.83 bits per heavy atom. The molecule has 0 saturated heterocycles. The molecule has 150 valence electrons. The van der Waals surface area contributed by atoms with E-state index in [1.165, 1.54) is 42.8 Å². The number of thiophene rings is 1. The number of ether oxygens (including phenoxy) is 1. The molecule has 2 heterocycles. The summed E-state index contributed by atoms with van der Waals surface area (Å²) in [5, 5.41) is 4.09. The van der Waals surface area contributed by atoms with Gasteiger partial charge in [0, 0.05) is 22.6 Å². The second-order valence-corrected chi connectivity index (χ2v) is 9.33. The second kappa shape index (κ2) is 7.23. The van der Waals surface area contributed by atoms with Crippen molar-refractivity contribution < 1.29 is 26.7 Å². The van der Waals surface area contributed by atoms with Crippen molar-refractivity contribution in [2.24, 2.45) is 0 Å². The van der Waals surface area contributed by atoms with Gasteiger partial charge >= 0.3 is 0 Å². The molecule has 1 atom stereocenters. The Labute approximate surface area is 169 Å². The lowest BCUT2D eigenvalue weighted by molar-refractivity contribution is -0.116. The average molecular weight is 435 g/mol. The predicted octanol–water partition coefficient (Wildman–Crippen LogP) is 4.34. The van der Waals surface area contributed by atoms with E-state index in [0.717, 1.165) is 23.5 Å². The van der Waals surface area contributed by atoms with Gasteiger partial charge in [0.05, 0.1) is 17.7 Å². The largest absolute Gasteiger partial charge is 0.497 e. The predicted molar refractivity (Wildman–Crippen MR) is 104 cm³/mol. The molecule has 29 heavy (non-hydrogen) atoms. The number of benzene rings is 2. The fourth-order valence-electron chi connectivity index (χ4n) is 3.28. The Balaban J connectivity index is 1.80. The molecule has 3 aromatic rings.